The predicted molar refractivity (Wildman–Crippen MR) is 110 cm³/mol. The fraction of sp³-hybridized carbons (Fsp3) is 0.0526. The second kappa shape index (κ2) is 8.53. The number of thiophene rings is 1. The molecule has 0 aliphatic carbocycles. The Labute approximate surface area is 167 Å². The van der Waals surface area contributed by atoms with Crippen molar-refractivity contribution >= 4 is 55.9 Å². The van der Waals surface area contributed by atoms with E-state index in [0.717, 1.165) is 14.9 Å². The summed E-state index contributed by atoms with van der Waals surface area (Å²) in [4.78, 5) is 25.0. The molecule has 0 aliphatic heterocycles. The first-order valence-corrected chi connectivity index (χ1v) is 10.3. The molecule has 0 saturated carbocycles. The fourth-order valence-corrected chi connectivity index (χ4v) is 4.55. The summed E-state index contributed by atoms with van der Waals surface area (Å²) < 4.78 is 0.804. The minimum atomic E-state index is -1.07. The van der Waals surface area contributed by atoms with Crippen LogP contribution in [0.1, 0.15) is 10.4 Å². The molecular weight excluding hydrogens is 434 g/mol. The van der Waals surface area contributed by atoms with Crippen LogP contribution in [0.2, 0.25) is 0 Å². The van der Waals surface area contributed by atoms with Gasteiger partial charge in [-0.1, -0.05) is 52.3 Å². The van der Waals surface area contributed by atoms with Crippen molar-refractivity contribution in [3.05, 3.63) is 70.0 Å². The molecule has 2 aromatic carbocycles. The summed E-state index contributed by atoms with van der Waals surface area (Å²) in [5.74, 6) is -1.09. The van der Waals surface area contributed by atoms with Crippen molar-refractivity contribution in [3.63, 3.8) is 0 Å². The Balaban J connectivity index is 1.79. The molecule has 26 heavy (non-hydrogen) atoms. The molecular formula is C19H14BrNO3S2. The van der Waals surface area contributed by atoms with Gasteiger partial charge in [-0.25, -0.2) is 4.79 Å². The number of thioether (sulfide) groups is 1. The molecule has 3 aromatic rings. The van der Waals surface area contributed by atoms with Gasteiger partial charge in [-0.2, -0.15) is 0 Å². The van der Waals surface area contributed by atoms with Crippen molar-refractivity contribution in [1.82, 2.24) is 0 Å². The number of carbonyl (C=O) groups excluding carboxylic acids is 1. The lowest BCUT2D eigenvalue weighted by molar-refractivity contribution is -0.113. The minimum Gasteiger partial charge on any atom is -0.478 e. The summed E-state index contributed by atoms with van der Waals surface area (Å²) in [6.45, 7) is 0. The molecule has 132 valence electrons. The molecule has 0 fully saturated rings. The van der Waals surface area contributed by atoms with E-state index < -0.39 is 5.97 Å². The molecule has 7 heteroatoms. The zero-order valence-electron chi connectivity index (χ0n) is 13.4. The molecule has 1 aromatic heterocycles. The molecule has 3 rings (SSSR count). The lowest BCUT2D eigenvalue weighted by Crippen LogP contribution is -2.15. The maximum absolute atomic E-state index is 12.2. The van der Waals surface area contributed by atoms with Crippen molar-refractivity contribution < 1.29 is 14.7 Å². The van der Waals surface area contributed by atoms with Crippen LogP contribution < -0.4 is 5.32 Å². The van der Waals surface area contributed by atoms with Crippen LogP contribution in [0, 0.1) is 0 Å². The number of hydrogen-bond acceptors (Lipinski definition) is 4. The summed E-state index contributed by atoms with van der Waals surface area (Å²) in [7, 11) is 0. The Morgan fingerprint density at radius 1 is 1.04 bits per heavy atom. The highest BCUT2D eigenvalue weighted by molar-refractivity contribution is 9.10. The lowest BCUT2D eigenvalue weighted by Gasteiger charge is -2.07. The molecule has 0 radical (unpaired) electrons. The van der Waals surface area contributed by atoms with E-state index in [2.05, 4.69) is 21.2 Å². The second-order valence-corrected chi connectivity index (χ2v) is 8.07. The topological polar surface area (TPSA) is 66.4 Å². The smallest absolute Gasteiger partial charge is 0.339 e. The van der Waals surface area contributed by atoms with E-state index in [4.69, 9.17) is 0 Å². The third-order valence-corrected chi connectivity index (χ3v) is 6.13. The quantitative estimate of drug-likeness (QED) is 0.482. The van der Waals surface area contributed by atoms with Crippen LogP contribution in [-0.2, 0) is 4.79 Å². The van der Waals surface area contributed by atoms with Gasteiger partial charge < -0.3 is 10.4 Å². The molecule has 1 amide bonds. The maximum atomic E-state index is 12.2. The van der Waals surface area contributed by atoms with Crippen LogP contribution in [0.4, 0.5) is 5.00 Å². The summed E-state index contributed by atoms with van der Waals surface area (Å²) in [5, 5.41) is 14.5. The Bertz CT molecular complexity index is 941. The largest absolute Gasteiger partial charge is 0.478 e. The van der Waals surface area contributed by atoms with Crippen LogP contribution in [-0.4, -0.2) is 22.7 Å². The lowest BCUT2D eigenvalue weighted by atomic mass is 10.0. The van der Waals surface area contributed by atoms with Gasteiger partial charge in [0.2, 0.25) is 5.91 Å². The first-order chi connectivity index (χ1) is 12.6. The third kappa shape index (κ3) is 4.35. The summed E-state index contributed by atoms with van der Waals surface area (Å²) in [6.07, 6.45) is 0. The average Bonchev–Trinajstić information content (AvgIpc) is 3.05. The number of nitrogens with one attached hydrogen (secondary N) is 1. The van der Waals surface area contributed by atoms with Crippen molar-refractivity contribution in [2.75, 3.05) is 11.1 Å². The molecule has 0 spiro atoms. The van der Waals surface area contributed by atoms with Gasteiger partial charge in [-0.15, -0.1) is 23.1 Å². The zero-order valence-corrected chi connectivity index (χ0v) is 16.7. The van der Waals surface area contributed by atoms with Crippen LogP contribution in [0.15, 0.2) is 69.3 Å². The first-order valence-electron chi connectivity index (χ1n) is 7.63. The highest BCUT2D eigenvalue weighted by Crippen LogP contribution is 2.38. The van der Waals surface area contributed by atoms with E-state index in [1.807, 2.05) is 54.6 Å². The van der Waals surface area contributed by atoms with Gasteiger partial charge in [0.25, 0.3) is 0 Å². The Morgan fingerprint density at radius 2 is 1.73 bits per heavy atom. The van der Waals surface area contributed by atoms with Gasteiger partial charge in [-0.3, -0.25) is 4.79 Å². The van der Waals surface area contributed by atoms with Crippen LogP contribution in [0.3, 0.4) is 0 Å². The highest BCUT2D eigenvalue weighted by atomic mass is 79.9. The Kier molecular flexibility index (Phi) is 6.13. The minimum absolute atomic E-state index is 0.111. The van der Waals surface area contributed by atoms with Gasteiger partial charge in [-0.05, 0) is 23.8 Å². The molecule has 2 N–H and O–H groups in total. The molecule has 1 heterocycles. The van der Waals surface area contributed by atoms with Gasteiger partial charge >= 0.3 is 5.97 Å². The zero-order chi connectivity index (χ0) is 18.5. The number of anilines is 1. The molecule has 0 atom stereocenters. The highest BCUT2D eigenvalue weighted by Gasteiger charge is 2.22. The number of carboxylic acids is 1. The van der Waals surface area contributed by atoms with E-state index in [0.29, 0.717) is 10.6 Å². The number of halogens is 1. The van der Waals surface area contributed by atoms with E-state index >= 15 is 0 Å². The fourth-order valence-electron chi connectivity index (χ4n) is 2.37. The van der Waals surface area contributed by atoms with Gasteiger partial charge in [0, 0.05) is 20.3 Å². The molecule has 0 aliphatic rings. The van der Waals surface area contributed by atoms with Crippen LogP contribution in [0.25, 0.3) is 11.1 Å². The van der Waals surface area contributed by atoms with Gasteiger partial charge in [0.15, 0.2) is 0 Å². The maximum Gasteiger partial charge on any atom is 0.339 e. The van der Waals surface area contributed by atoms with E-state index in [-0.39, 0.29) is 17.2 Å². The Morgan fingerprint density at radius 3 is 2.42 bits per heavy atom. The van der Waals surface area contributed by atoms with Crippen LogP contribution in [0.5, 0.6) is 0 Å². The normalized spacial score (nSPS) is 10.5. The average molecular weight is 448 g/mol. The van der Waals surface area contributed by atoms with Crippen molar-refractivity contribution in [2.45, 2.75) is 4.90 Å². The summed E-state index contributed by atoms with van der Waals surface area (Å²) in [5.41, 5.74) is 1.47. The predicted octanol–water partition coefficient (Wildman–Crippen LogP) is 5.61. The number of carbonyl (C=O) groups is 2. The van der Waals surface area contributed by atoms with E-state index in [1.165, 1.54) is 23.1 Å². The van der Waals surface area contributed by atoms with Gasteiger partial charge in [0.05, 0.1) is 5.75 Å². The second-order valence-electron chi connectivity index (χ2n) is 5.29. The molecule has 4 nitrogen and oxygen atoms in total. The van der Waals surface area contributed by atoms with E-state index in [9.17, 15) is 14.7 Å². The standard InChI is InChI=1S/C19H14BrNO3S2/c20-15-9-5-4-8-13(15)14-10-26-18(17(14)19(23)24)21-16(22)11-25-12-6-2-1-3-7-12/h1-10H,11H2,(H,21,22)(H,23,24). The first kappa shape index (κ1) is 18.7. The summed E-state index contributed by atoms with van der Waals surface area (Å²) >= 11 is 6.07. The van der Waals surface area contributed by atoms with Gasteiger partial charge in [0.1, 0.15) is 10.6 Å². The number of aromatic carboxylic acids is 1. The van der Waals surface area contributed by atoms with E-state index in [1.54, 1.807) is 5.38 Å². The number of hydrogen-bond donors (Lipinski definition) is 2. The Hall–Kier alpha value is -2.09. The third-order valence-electron chi connectivity index (χ3n) is 3.54. The van der Waals surface area contributed by atoms with Crippen LogP contribution >= 0.6 is 39.0 Å². The molecule has 0 saturated heterocycles. The molecule has 0 bridgehead atoms. The molecule has 0 unspecified atom stereocenters. The number of amides is 1. The SMILES string of the molecule is O=C(CSc1ccccc1)Nc1scc(-c2ccccc2Br)c1C(=O)O. The monoisotopic (exact) mass is 447 g/mol. The number of benzene rings is 2. The van der Waals surface area contributed by atoms with Crippen molar-refractivity contribution in [1.29, 1.82) is 0 Å². The van der Waals surface area contributed by atoms with Crippen molar-refractivity contribution in [3.8, 4) is 11.1 Å². The number of carboxylic acid groups (broad SMARTS) is 1. The summed E-state index contributed by atoms with van der Waals surface area (Å²) in [6, 6.07) is 17.0. The van der Waals surface area contributed by atoms with Crippen molar-refractivity contribution in [2.24, 2.45) is 0 Å². The number of rotatable bonds is 6.